The highest BCUT2D eigenvalue weighted by Crippen LogP contribution is 2.20. The molecule has 0 aliphatic heterocycles. The summed E-state index contributed by atoms with van der Waals surface area (Å²) in [6, 6.07) is 5.88. The van der Waals surface area contributed by atoms with Crippen LogP contribution in [0, 0.1) is 0 Å². The third kappa shape index (κ3) is 3.59. The fourth-order valence-corrected chi connectivity index (χ4v) is 1.85. The monoisotopic (exact) mass is 323 g/mol. The summed E-state index contributed by atoms with van der Waals surface area (Å²) in [5, 5.41) is 0.354. The summed E-state index contributed by atoms with van der Waals surface area (Å²) in [5.74, 6) is -0.915. The summed E-state index contributed by atoms with van der Waals surface area (Å²) in [5.41, 5.74) is 6.39. The van der Waals surface area contributed by atoms with E-state index in [1.807, 2.05) is 0 Å². The second-order valence-electron chi connectivity index (χ2n) is 4.29. The second-order valence-corrected chi connectivity index (χ2v) is 4.70. The molecular weight excluding hydrogens is 310 g/mol. The standard InChI is InChI=1S/C15H14ClNO5/c1-2-20-15(19)10-5-6-21-13(10)8-22-14(18)9-3-4-11(16)12(17)7-9/h3-7H,2,8,17H2,1H3. The number of ether oxygens (including phenoxy) is 2. The zero-order chi connectivity index (χ0) is 16.1. The maximum Gasteiger partial charge on any atom is 0.341 e. The van der Waals surface area contributed by atoms with Gasteiger partial charge in [-0.05, 0) is 31.2 Å². The van der Waals surface area contributed by atoms with Crippen LogP contribution in [0.25, 0.3) is 0 Å². The number of rotatable bonds is 5. The van der Waals surface area contributed by atoms with Crippen LogP contribution in [0.1, 0.15) is 33.4 Å². The number of hydrogen-bond donors (Lipinski definition) is 1. The van der Waals surface area contributed by atoms with Crippen LogP contribution in [0.2, 0.25) is 5.02 Å². The van der Waals surface area contributed by atoms with E-state index < -0.39 is 11.9 Å². The maximum absolute atomic E-state index is 11.9. The number of nitrogens with two attached hydrogens (primary N) is 1. The van der Waals surface area contributed by atoms with Crippen LogP contribution in [0.4, 0.5) is 5.69 Å². The van der Waals surface area contributed by atoms with Gasteiger partial charge in [0.25, 0.3) is 0 Å². The zero-order valence-corrected chi connectivity index (χ0v) is 12.6. The molecule has 0 atom stereocenters. The van der Waals surface area contributed by atoms with Crippen LogP contribution in [0.5, 0.6) is 0 Å². The Hall–Kier alpha value is -2.47. The second kappa shape index (κ2) is 7.00. The van der Waals surface area contributed by atoms with Crippen molar-refractivity contribution in [1.29, 1.82) is 0 Å². The molecule has 2 N–H and O–H groups in total. The summed E-state index contributed by atoms with van der Waals surface area (Å²) >= 11 is 5.79. The smallest absolute Gasteiger partial charge is 0.341 e. The SMILES string of the molecule is CCOC(=O)c1ccoc1COC(=O)c1ccc(Cl)c(N)c1. The number of furan rings is 1. The molecule has 0 bridgehead atoms. The highest BCUT2D eigenvalue weighted by Gasteiger charge is 2.18. The van der Waals surface area contributed by atoms with E-state index in [1.54, 1.807) is 6.92 Å². The van der Waals surface area contributed by atoms with Gasteiger partial charge in [0.1, 0.15) is 5.56 Å². The summed E-state index contributed by atoms with van der Waals surface area (Å²) < 4.78 is 15.1. The number of nitrogen functional groups attached to an aromatic ring is 1. The summed E-state index contributed by atoms with van der Waals surface area (Å²) in [4.78, 5) is 23.6. The summed E-state index contributed by atoms with van der Waals surface area (Å²) in [6.45, 7) is 1.75. The minimum Gasteiger partial charge on any atom is -0.465 e. The van der Waals surface area contributed by atoms with E-state index >= 15 is 0 Å². The molecule has 7 heteroatoms. The van der Waals surface area contributed by atoms with Crippen molar-refractivity contribution in [3.63, 3.8) is 0 Å². The average Bonchev–Trinajstić information content (AvgIpc) is 2.96. The first kappa shape index (κ1) is 15.9. The minimum atomic E-state index is -0.602. The minimum absolute atomic E-state index is 0.192. The fourth-order valence-electron chi connectivity index (χ4n) is 1.73. The maximum atomic E-state index is 11.9. The lowest BCUT2D eigenvalue weighted by Gasteiger charge is -2.06. The Labute approximate surface area is 131 Å². The molecule has 0 saturated heterocycles. The third-order valence-electron chi connectivity index (χ3n) is 2.81. The van der Waals surface area contributed by atoms with Crippen LogP contribution in [-0.4, -0.2) is 18.5 Å². The molecule has 1 aromatic carbocycles. The van der Waals surface area contributed by atoms with Gasteiger partial charge in [-0.3, -0.25) is 0 Å². The van der Waals surface area contributed by atoms with E-state index in [0.29, 0.717) is 5.02 Å². The van der Waals surface area contributed by atoms with Crippen molar-refractivity contribution < 1.29 is 23.5 Å². The van der Waals surface area contributed by atoms with Crippen LogP contribution in [0.3, 0.4) is 0 Å². The van der Waals surface area contributed by atoms with Crippen LogP contribution in [-0.2, 0) is 16.1 Å². The van der Waals surface area contributed by atoms with Crippen molar-refractivity contribution in [2.45, 2.75) is 13.5 Å². The molecule has 1 aromatic heterocycles. The Morgan fingerprint density at radius 3 is 2.68 bits per heavy atom. The Balaban J connectivity index is 2.04. The summed E-state index contributed by atoms with van der Waals surface area (Å²) in [6.07, 6.45) is 1.33. The molecule has 0 aliphatic carbocycles. The van der Waals surface area contributed by atoms with Gasteiger partial charge in [0.05, 0.1) is 29.1 Å². The number of benzene rings is 1. The first-order valence-electron chi connectivity index (χ1n) is 6.48. The molecule has 0 fully saturated rings. The molecule has 6 nitrogen and oxygen atoms in total. The number of hydrogen-bond acceptors (Lipinski definition) is 6. The number of halogens is 1. The zero-order valence-electron chi connectivity index (χ0n) is 11.8. The number of esters is 2. The van der Waals surface area contributed by atoms with Gasteiger partial charge < -0.3 is 19.6 Å². The van der Waals surface area contributed by atoms with E-state index in [0.717, 1.165) is 0 Å². The molecule has 116 valence electrons. The van der Waals surface area contributed by atoms with Gasteiger partial charge in [0.15, 0.2) is 12.4 Å². The van der Waals surface area contributed by atoms with Gasteiger partial charge in [-0.25, -0.2) is 9.59 Å². The topological polar surface area (TPSA) is 91.8 Å². The van der Waals surface area contributed by atoms with Crippen LogP contribution in [0.15, 0.2) is 34.9 Å². The predicted octanol–water partition coefficient (Wildman–Crippen LogP) is 3.05. The Bertz CT molecular complexity index is 695. The van der Waals surface area contributed by atoms with Crippen LogP contribution >= 0.6 is 11.6 Å². The summed E-state index contributed by atoms with van der Waals surface area (Å²) in [7, 11) is 0. The van der Waals surface area contributed by atoms with E-state index in [2.05, 4.69) is 0 Å². The molecule has 2 aromatic rings. The third-order valence-corrected chi connectivity index (χ3v) is 3.15. The van der Waals surface area contributed by atoms with Gasteiger partial charge in [0.2, 0.25) is 0 Å². The van der Waals surface area contributed by atoms with Crippen molar-refractivity contribution in [2.24, 2.45) is 0 Å². The molecule has 22 heavy (non-hydrogen) atoms. The molecule has 0 aliphatic rings. The van der Waals surface area contributed by atoms with Gasteiger partial charge in [-0.15, -0.1) is 0 Å². The van der Waals surface area contributed by atoms with Crippen molar-refractivity contribution in [3.8, 4) is 0 Å². The molecule has 0 amide bonds. The molecule has 0 spiro atoms. The first-order valence-corrected chi connectivity index (χ1v) is 6.86. The van der Waals surface area contributed by atoms with Crippen molar-refractivity contribution in [1.82, 2.24) is 0 Å². The highest BCUT2D eigenvalue weighted by molar-refractivity contribution is 6.33. The van der Waals surface area contributed by atoms with Gasteiger partial charge >= 0.3 is 11.9 Å². The quantitative estimate of drug-likeness (QED) is 0.671. The fraction of sp³-hybridized carbons (Fsp3) is 0.200. The molecule has 1 heterocycles. The predicted molar refractivity (Wildman–Crippen MR) is 79.6 cm³/mol. The van der Waals surface area contributed by atoms with E-state index in [9.17, 15) is 9.59 Å². The Morgan fingerprint density at radius 2 is 2.00 bits per heavy atom. The first-order chi connectivity index (χ1) is 10.5. The van der Waals surface area contributed by atoms with Gasteiger partial charge in [-0.1, -0.05) is 11.6 Å². The molecule has 0 unspecified atom stereocenters. The lowest BCUT2D eigenvalue weighted by atomic mass is 10.2. The lowest BCUT2D eigenvalue weighted by molar-refractivity contribution is 0.0423. The number of carbonyl (C=O) groups excluding carboxylic acids is 2. The number of anilines is 1. The van der Waals surface area contributed by atoms with E-state index in [1.165, 1.54) is 30.5 Å². The average molecular weight is 324 g/mol. The van der Waals surface area contributed by atoms with Crippen molar-refractivity contribution in [2.75, 3.05) is 12.3 Å². The highest BCUT2D eigenvalue weighted by atomic mass is 35.5. The number of carbonyl (C=O) groups is 2. The van der Waals surface area contributed by atoms with Crippen LogP contribution < -0.4 is 5.73 Å². The van der Waals surface area contributed by atoms with E-state index in [4.69, 9.17) is 31.2 Å². The Morgan fingerprint density at radius 1 is 1.23 bits per heavy atom. The largest absolute Gasteiger partial charge is 0.465 e. The molecule has 0 radical (unpaired) electrons. The Kier molecular flexibility index (Phi) is 5.06. The lowest BCUT2D eigenvalue weighted by Crippen LogP contribution is -2.09. The molecule has 2 rings (SSSR count). The van der Waals surface area contributed by atoms with Crippen molar-refractivity contribution in [3.05, 3.63) is 52.4 Å². The normalized spacial score (nSPS) is 10.3. The molecule has 0 saturated carbocycles. The van der Waals surface area contributed by atoms with Crippen molar-refractivity contribution >= 4 is 29.2 Å². The van der Waals surface area contributed by atoms with Gasteiger partial charge in [0, 0.05) is 0 Å². The van der Waals surface area contributed by atoms with E-state index in [-0.39, 0.29) is 35.8 Å². The molecular formula is C15H14ClNO5. The van der Waals surface area contributed by atoms with Gasteiger partial charge in [-0.2, -0.15) is 0 Å².